The zero-order chi connectivity index (χ0) is 24.2. The lowest BCUT2D eigenvalue weighted by molar-refractivity contribution is -0.192. The lowest BCUT2D eigenvalue weighted by Gasteiger charge is -2.45. The SMILES string of the molecule is Cn1ccnc1CN1CCC2(CCC(=O)N2Cc2cccc(F)c2)CC1.O=C(O)C(F)(F)F. The minimum atomic E-state index is -5.08. The third-order valence-corrected chi connectivity index (χ3v) is 6.22. The molecule has 0 aliphatic carbocycles. The average Bonchev–Trinajstić information content (AvgIpc) is 3.28. The zero-order valence-corrected chi connectivity index (χ0v) is 18.2. The minimum Gasteiger partial charge on any atom is -0.475 e. The number of halogens is 4. The molecule has 4 rings (SSSR count). The first-order chi connectivity index (χ1) is 15.5. The summed E-state index contributed by atoms with van der Waals surface area (Å²) in [6, 6.07) is 6.60. The van der Waals surface area contributed by atoms with Gasteiger partial charge in [-0.1, -0.05) is 12.1 Å². The number of nitrogens with zero attached hydrogens (tertiary/aromatic N) is 4. The second-order valence-electron chi connectivity index (χ2n) is 8.37. The van der Waals surface area contributed by atoms with Crippen LogP contribution >= 0.6 is 0 Å². The van der Waals surface area contributed by atoms with Crippen LogP contribution in [0.25, 0.3) is 0 Å². The predicted molar refractivity (Wildman–Crippen MR) is 110 cm³/mol. The van der Waals surface area contributed by atoms with Gasteiger partial charge in [-0.25, -0.2) is 14.2 Å². The van der Waals surface area contributed by atoms with Crippen LogP contribution in [0.5, 0.6) is 0 Å². The van der Waals surface area contributed by atoms with Gasteiger partial charge in [-0.15, -0.1) is 0 Å². The van der Waals surface area contributed by atoms with Crippen LogP contribution in [0.15, 0.2) is 36.7 Å². The van der Waals surface area contributed by atoms with Crippen LogP contribution in [0.2, 0.25) is 0 Å². The van der Waals surface area contributed by atoms with E-state index in [1.54, 1.807) is 6.07 Å². The van der Waals surface area contributed by atoms with Gasteiger partial charge in [0.2, 0.25) is 5.91 Å². The molecule has 33 heavy (non-hydrogen) atoms. The molecule has 0 unspecified atom stereocenters. The van der Waals surface area contributed by atoms with E-state index in [0.717, 1.165) is 50.3 Å². The number of aryl methyl sites for hydroxylation is 1. The summed E-state index contributed by atoms with van der Waals surface area (Å²) in [7, 11) is 2.02. The van der Waals surface area contributed by atoms with Crippen molar-refractivity contribution in [2.75, 3.05) is 13.1 Å². The van der Waals surface area contributed by atoms with Crippen molar-refractivity contribution in [3.8, 4) is 0 Å². The summed E-state index contributed by atoms with van der Waals surface area (Å²) in [4.78, 5) is 30.3. The van der Waals surface area contributed by atoms with E-state index in [2.05, 4.69) is 14.5 Å². The Hall–Kier alpha value is -2.95. The maximum Gasteiger partial charge on any atom is 0.490 e. The Labute approximate surface area is 188 Å². The van der Waals surface area contributed by atoms with E-state index < -0.39 is 12.1 Å². The van der Waals surface area contributed by atoms with E-state index in [4.69, 9.17) is 9.90 Å². The van der Waals surface area contributed by atoms with Crippen LogP contribution in [-0.2, 0) is 29.7 Å². The maximum absolute atomic E-state index is 13.5. The third kappa shape index (κ3) is 6.10. The Morgan fingerprint density at radius 3 is 2.39 bits per heavy atom. The van der Waals surface area contributed by atoms with Gasteiger partial charge in [-0.05, 0) is 37.0 Å². The first-order valence-electron chi connectivity index (χ1n) is 10.5. The van der Waals surface area contributed by atoms with Gasteiger partial charge < -0.3 is 14.6 Å². The molecule has 3 heterocycles. The first kappa shape index (κ1) is 24.7. The molecule has 1 aromatic heterocycles. The van der Waals surface area contributed by atoms with Crippen molar-refractivity contribution in [1.29, 1.82) is 0 Å². The highest BCUT2D eigenvalue weighted by Gasteiger charge is 2.46. The molecule has 2 aromatic rings. The summed E-state index contributed by atoms with van der Waals surface area (Å²) < 4.78 is 47.3. The van der Waals surface area contributed by atoms with Crippen molar-refractivity contribution in [2.24, 2.45) is 7.05 Å². The highest BCUT2D eigenvalue weighted by molar-refractivity contribution is 5.79. The Morgan fingerprint density at radius 1 is 1.18 bits per heavy atom. The summed E-state index contributed by atoms with van der Waals surface area (Å²) in [5.41, 5.74) is 0.803. The molecular formula is C22H26F4N4O3. The number of carboxylic acids is 1. The highest BCUT2D eigenvalue weighted by atomic mass is 19.4. The Balaban J connectivity index is 0.000000383. The van der Waals surface area contributed by atoms with Crippen LogP contribution < -0.4 is 0 Å². The Kier molecular flexibility index (Phi) is 7.41. The molecule has 0 bridgehead atoms. The van der Waals surface area contributed by atoms with Gasteiger partial charge in [0, 0.05) is 51.0 Å². The number of benzene rings is 1. The lowest BCUT2D eigenvalue weighted by atomic mass is 9.84. The first-order valence-corrected chi connectivity index (χ1v) is 10.5. The molecule has 1 aromatic carbocycles. The van der Waals surface area contributed by atoms with Crippen molar-refractivity contribution >= 4 is 11.9 Å². The van der Waals surface area contributed by atoms with E-state index in [-0.39, 0.29) is 17.3 Å². The molecule has 2 fully saturated rings. The maximum atomic E-state index is 13.5. The fraction of sp³-hybridized carbons (Fsp3) is 0.500. The minimum absolute atomic E-state index is 0.0679. The monoisotopic (exact) mass is 470 g/mol. The van der Waals surface area contributed by atoms with Crippen molar-refractivity contribution in [3.63, 3.8) is 0 Å². The second-order valence-corrected chi connectivity index (χ2v) is 8.37. The van der Waals surface area contributed by atoms with Crippen molar-refractivity contribution in [1.82, 2.24) is 19.4 Å². The van der Waals surface area contributed by atoms with Crippen molar-refractivity contribution in [3.05, 3.63) is 53.9 Å². The number of hydrogen-bond acceptors (Lipinski definition) is 4. The van der Waals surface area contributed by atoms with Crippen LogP contribution in [0.3, 0.4) is 0 Å². The molecule has 1 amide bonds. The number of piperidine rings is 1. The van der Waals surface area contributed by atoms with E-state index >= 15 is 0 Å². The van der Waals surface area contributed by atoms with E-state index in [0.29, 0.717) is 13.0 Å². The van der Waals surface area contributed by atoms with Crippen LogP contribution in [0.1, 0.15) is 37.1 Å². The number of amides is 1. The lowest BCUT2D eigenvalue weighted by Crippen LogP contribution is -2.52. The molecule has 1 spiro atoms. The number of alkyl halides is 3. The molecule has 2 aliphatic rings. The van der Waals surface area contributed by atoms with Gasteiger partial charge in [-0.3, -0.25) is 9.69 Å². The number of carbonyl (C=O) groups is 2. The van der Waals surface area contributed by atoms with Crippen molar-refractivity contribution in [2.45, 2.75) is 50.5 Å². The summed E-state index contributed by atoms with van der Waals surface area (Å²) in [6.45, 7) is 3.27. The number of aromatic nitrogens is 2. The third-order valence-electron chi connectivity index (χ3n) is 6.22. The van der Waals surface area contributed by atoms with Gasteiger partial charge in [0.1, 0.15) is 11.6 Å². The summed E-state index contributed by atoms with van der Waals surface area (Å²) >= 11 is 0. The fourth-order valence-corrected chi connectivity index (χ4v) is 4.34. The smallest absolute Gasteiger partial charge is 0.475 e. The quantitative estimate of drug-likeness (QED) is 0.694. The summed E-state index contributed by atoms with van der Waals surface area (Å²) in [5.74, 6) is -1.73. The summed E-state index contributed by atoms with van der Waals surface area (Å²) in [6.07, 6.45) is 2.18. The van der Waals surface area contributed by atoms with E-state index in [9.17, 15) is 22.4 Å². The molecule has 11 heteroatoms. The number of carboxylic acid groups (broad SMARTS) is 1. The van der Waals surface area contributed by atoms with Gasteiger partial charge in [0.05, 0.1) is 6.54 Å². The van der Waals surface area contributed by atoms with Crippen LogP contribution in [-0.4, -0.2) is 61.1 Å². The summed E-state index contributed by atoms with van der Waals surface area (Å²) in [5, 5.41) is 7.12. The standard InChI is InChI=1S/C20H25FN4O.C2HF3O2/c1-23-12-9-22-18(23)15-24-10-7-20(8-11-24)6-5-19(26)25(20)14-16-3-2-4-17(21)13-16;3-2(4,5)1(6)7/h2-4,9,12-13H,5-8,10-11,14-15H2,1H3;(H,6,7). The van der Waals surface area contributed by atoms with E-state index in [1.807, 2.05) is 30.4 Å². The zero-order valence-electron chi connectivity index (χ0n) is 18.2. The number of hydrogen-bond donors (Lipinski definition) is 1. The van der Waals surface area contributed by atoms with E-state index in [1.165, 1.54) is 12.1 Å². The number of likely N-dealkylation sites (tertiary alicyclic amines) is 2. The van der Waals surface area contributed by atoms with Crippen molar-refractivity contribution < 1.29 is 32.3 Å². The molecule has 1 N–H and O–H groups in total. The molecular weight excluding hydrogens is 444 g/mol. The average molecular weight is 470 g/mol. The molecule has 2 aliphatic heterocycles. The Bertz CT molecular complexity index is 984. The number of aliphatic carboxylic acids is 1. The largest absolute Gasteiger partial charge is 0.490 e. The second kappa shape index (κ2) is 9.90. The Morgan fingerprint density at radius 2 is 1.85 bits per heavy atom. The highest BCUT2D eigenvalue weighted by Crippen LogP contribution is 2.40. The normalized spacial score (nSPS) is 18.3. The van der Waals surface area contributed by atoms with Gasteiger partial charge in [0.25, 0.3) is 0 Å². The van der Waals surface area contributed by atoms with Gasteiger partial charge >= 0.3 is 12.1 Å². The molecule has 0 saturated carbocycles. The topological polar surface area (TPSA) is 78.7 Å². The predicted octanol–water partition coefficient (Wildman–Crippen LogP) is 3.35. The molecule has 7 nitrogen and oxygen atoms in total. The van der Waals surface area contributed by atoms with Gasteiger partial charge in [-0.2, -0.15) is 13.2 Å². The van der Waals surface area contributed by atoms with Crippen LogP contribution in [0, 0.1) is 5.82 Å². The number of rotatable bonds is 4. The van der Waals surface area contributed by atoms with Gasteiger partial charge in [0.15, 0.2) is 0 Å². The fourth-order valence-electron chi connectivity index (χ4n) is 4.34. The number of imidazole rings is 1. The molecule has 180 valence electrons. The number of carbonyl (C=O) groups excluding carboxylic acids is 1. The molecule has 0 atom stereocenters. The molecule has 0 radical (unpaired) electrons. The van der Waals surface area contributed by atoms with Crippen LogP contribution in [0.4, 0.5) is 17.6 Å². The molecule has 2 saturated heterocycles.